The Labute approximate surface area is 123 Å². The lowest BCUT2D eigenvalue weighted by Gasteiger charge is -2.23. The van der Waals surface area contributed by atoms with Gasteiger partial charge in [-0.2, -0.15) is 0 Å². The topological polar surface area (TPSA) is 41.5 Å². The fraction of sp³-hybridized carbons (Fsp3) is 0.647. The molecule has 0 saturated carbocycles. The van der Waals surface area contributed by atoms with E-state index >= 15 is 0 Å². The highest BCUT2D eigenvalue weighted by Gasteiger charge is 2.17. The zero-order chi connectivity index (χ0) is 15.0. The summed E-state index contributed by atoms with van der Waals surface area (Å²) < 4.78 is 5.80. The van der Waals surface area contributed by atoms with Crippen molar-refractivity contribution in [3.05, 3.63) is 29.8 Å². The van der Waals surface area contributed by atoms with Crippen LogP contribution in [-0.2, 0) is 5.41 Å². The summed E-state index contributed by atoms with van der Waals surface area (Å²) in [6.07, 6.45) is 1.83. The number of aliphatic hydroxyl groups excluding tert-OH is 1. The van der Waals surface area contributed by atoms with Gasteiger partial charge in [0.2, 0.25) is 0 Å². The molecule has 0 saturated heterocycles. The number of ether oxygens (including phenoxy) is 1. The summed E-state index contributed by atoms with van der Waals surface area (Å²) in [5.74, 6) is 0.890. The predicted molar refractivity (Wildman–Crippen MR) is 84.4 cm³/mol. The first-order valence-electron chi connectivity index (χ1n) is 7.61. The van der Waals surface area contributed by atoms with Gasteiger partial charge >= 0.3 is 0 Å². The smallest absolute Gasteiger partial charge is 0.119 e. The Balaban J connectivity index is 2.57. The molecule has 0 amide bonds. The number of likely N-dealkylation sites (N-methyl/N-ethyl adjacent to an activating group) is 1. The maximum atomic E-state index is 9.02. The van der Waals surface area contributed by atoms with Crippen LogP contribution in [0.3, 0.4) is 0 Å². The van der Waals surface area contributed by atoms with Gasteiger partial charge in [0.05, 0.1) is 0 Å². The molecule has 1 aromatic rings. The van der Waals surface area contributed by atoms with Crippen LogP contribution in [0.4, 0.5) is 0 Å². The summed E-state index contributed by atoms with van der Waals surface area (Å²) in [7, 11) is 0. The first-order chi connectivity index (χ1) is 9.53. The highest BCUT2D eigenvalue weighted by atomic mass is 16.5. The van der Waals surface area contributed by atoms with Crippen LogP contribution in [-0.4, -0.2) is 30.9 Å². The molecule has 1 atom stereocenters. The zero-order valence-electron chi connectivity index (χ0n) is 13.3. The van der Waals surface area contributed by atoms with Gasteiger partial charge in [-0.25, -0.2) is 0 Å². The van der Waals surface area contributed by atoms with Crippen molar-refractivity contribution in [2.75, 3.05) is 19.8 Å². The Bertz CT molecular complexity index is 367. The Morgan fingerprint density at radius 3 is 2.35 bits per heavy atom. The lowest BCUT2D eigenvalue weighted by Crippen LogP contribution is -2.35. The lowest BCUT2D eigenvalue weighted by atomic mass is 9.82. The van der Waals surface area contributed by atoms with E-state index < -0.39 is 0 Å². The molecule has 0 spiro atoms. The van der Waals surface area contributed by atoms with Gasteiger partial charge in [0.25, 0.3) is 0 Å². The fourth-order valence-electron chi connectivity index (χ4n) is 2.09. The van der Waals surface area contributed by atoms with Crippen LogP contribution in [0.15, 0.2) is 24.3 Å². The molecular formula is C17H29NO2. The van der Waals surface area contributed by atoms with Crippen molar-refractivity contribution in [3.63, 3.8) is 0 Å². The summed E-state index contributed by atoms with van der Waals surface area (Å²) in [5.41, 5.74) is 1.55. The maximum Gasteiger partial charge on any atom is 0.119 e. The Kier molecular flexibility index (Phi) is 7.03. The molecule has 1 unspecified atom stereocenters. The largest absolute Gasteiger partial charge is 0.492 e. The molecular weight excluding hydrogens is 250 g/mol. The van der Waals surface area contributed by atoms with E-state index in [1.165, 1.54) is 5.56 Å². The van der Waals surface area contributed by atoms with Gasteiger partial charge in [-0.05, 0) is 42.5 Å². The summed E-state index contributed by atoms with van der Waals surface area (Å²) in [4.78, 5) is 0. The predicted octanol–water partition coefficient (Wildman–Crippen LogP) is 3.11. The third kappa shape index (κ3) is 5.14. The Morgan fingerprint density at radius 2 is 1.85 bits per heavy atom. The summed E-state index contributed by atoms with van der Waals surface area (Å²) in [6.45, 7) is 10.4. The van der Waals surface area contributed by atoms with E-state index in [1.807, 2.05) is 12.1 Å². The Hall–Kier alpha value is -1.06. The standard InChI is InChI=1S/C17H29NO2/c1-5-17(3,4)14-7-9-16(10-8-14)20-13-15(11-12-19)18-6-2/h7-10,15,18-19H,5-6,11-13H2,1-4H3. The molecule has 0 aliphatic heterocycles. The molecule has 0 aliphatic carbocycles. The van der Waals surface area contributed by atoms with E-state index in [0.29, 0.717) is 6.61 Å². The lowest BCUT2D eigenvalue weighted by molar-refractivity contribution is 0.215. The molecule has 3 heteroatoms. The van der Waals surface area contributed by atoms with Gasteiger partial charge in [-0.15, -0.1) is 0 Å². The highest BCUT2D eigenvalue weighted by Crippen LogP contribution is 2.28. The van der Waals surface area contributed by atoms with E-state index in [0.717, 1.165) is 25.1 Å². The molecule has 1 aromatic carbocycles. The number of hydrogen-bond acceptors (Lipinski definition) is 3. The Morgan fingerprint density at radius 1 is 1.20 bits per heavy atom. The van der Waals surface area contributed by atoms with Crippen molar-refractivity contribution in [2.45, 2.75) is 52.0 Å². The maximum absolute atomic E-state index is 9.02. The first kappa shape index (κ1) is 17.0. The molecule has 114 valence electrons. The van der Waals surface area contributed by atoms with Crippen LogP contribution < -0.4 is 10.1 Å². The van der Waals surface area contributed by atoms with Crippen LogP contribution in [0.5, 0.6) is 5.75 Å². The van der Waals surface area contributed by atoms with Crippen molar-refractivity contribution in [1.29, 1.82) is 0 Å². The third-order valence-electron chi connectivity index (χ3n) is 3.94. The van der Waals surface area contributed by atoms with Crippen molar-refractivity contribution < 1.29 is 9.84 Å². The summed E-state index contributed by atoms with van der Waals surface area (Å²) in [6, 6.07) is 8.57. The van der Waals surface area contributed by atoms with Gasteiger partial charge in [-0.1, -0.05) is 39.8 Å². The minimum absolute atomic E-state index is 0.185. The first-order valence-corrected chi connectivity index (χ1v) is 7.61. The average Bonchev–Trinajstić information content (AvgIpc) is 2.46. The molecule has 0 aromatic heterocycles. The number of benzene rings is 1. The monoisotopic (exact) mass is 279 g/mol. The van der Waals surface area contributed by atoms with Gasteiger partial charge in [0.15, 0.2) is 0 Å². The van der Waals surface area contributed by atoms with Crippen molar-refractivity contribution in [2.24, 2.45) is 0 Å². The summed E-state index contributed by atoms with van der Waals surface area (Å²) >= 11 is 0. The fourth-order valence-corrected chi connectivity index (χ4v) is 2.09. The molecule has 0 radical (unpaired) electrons. The molecule has 0 fully saturated rings. The van der Waals surface area contributed by atoms with E-state index in [2.05, 4.69) is 45.1 Å². The molecule has 0 aliphatic rings. The van der Waals surface area contributed by atoms with Gasteiger partial charge < -0.3 is 15.2 Å². The second-order valence-corrected chi connectivity index (χ2v) is 5.84. The van der Waals surface area contributed by atoms with E-state index in [4.69, 9.17) is 9.84 Å². The quantitative estimate of drug-likeness (QED) is 0.730. The second-order valence-electron chi connectivity index (χ2n) is 5.84. The number of rotatable bonds is 9. The normalized spacial score (nSPS) is 13.2. The van der Waals surface area contributed by atoms with Gasteiger partial charge in [0, 0.05) is 12.6 Å². The van der Waals surface area contributed by atoms with Crippen LogP contribution >= 0.6 is 0 Å². The third-order valence-corrected chi connectivity index (χ3v) is 3.94. The zero-order valence-corrected chi connectivity index (χ0v) is 13.3. The van der Waals surface area contributed by atoms with Crippen molar-refractivity contribution in [3.8, 4) is 5.75 Å². The SMILES string of the molecule is CCNC(CCO)COc1ccc(C(C)(C)CC)cc1. The van der Waals surface area contributed by atoms with Crippen molar-refractivity contribution in [1.82, 2.24) is 5.32 Å². The molecule has 0 heterocycles. The molecule has 3 nitrogen and oxygen atoms in total. The second kappa shape index (κ2) is 8.28. The van der Waals surface area contributed by atoms with Crippen LogP contribution in [0.2, 0.25) is 0 Å². The minimum Gasteiger partial charge on any atom is -0.492 e. The average molecular weight is 279 g/mol. The molecule has 2 N–H and O–H groups in total. The molecule has 0 bridgehead atoms. The van der Waals surface area contributed by atoms with Crippen LogP contribution in [0.1, 0.15) is 46.1 Å². The van der Waals surface area contributed by atoms with Gasteiger partial charge in [-0.3, -0.25) is 0 Å². The summed E-state index contributed by atoms with van der Waals surface area (Å²) in [5, 5.41) is 12.3. The van der Waals surface area contributed by atoms with Gasteiger partial charge in [0.1, 0.15) is 12.4 Å². The highest BCUT2D eigenvalue weighted by molar-refractivity contribution is 5.31. The van der Waals surface area contributed by atoms with E-state index in [1.54, 1.807) is 0 Å². The minimum atomic E-state index is 0.185. The number of hydrogen-bond donors (Lipinski definition) is 2. The number of aliphatic hydroxyl groups is 1. The van der Waals surface area contributed by atoms with Crippen LogP contribution in [0.25, 0.3) is 0 Å². The molecule has 20 heavy (non-hydrogen) atoms. The van der Waals surface area contributed by atoms with Crippen molar-refractivity contribution >= 4 is 0 Å². The number of nitrogens with one attached hydrogen (secondary N) is 1. The molecule has 1 rings (SSSR count). The van der Waals surface area contributed by atoms with E-state index in [-0.39, 0.29) is 18.1 Å². The van der Waals surface area contributed by atoms with E-state index in [9.17, 15) is 0 Å². The van der Waals surface area contributed by atoms with Crippen LogP contribution in [0, 0.1) is 0 Å².